The Morgan fingerprint density at radius 2 is 1.50 bits per heavy atom. The molecule has 0 bridgehead atoms. The van der Waals surface area contributed by atoms with Crippen LogP contribution in [0.1, 0.15) is 0 Å². The van der Waals surface area contributed by atoms with Crippen LogP contribution in [0, 0.1) is 0 Å². The number of rotatable bonds is 5. The standard InChI is InChI=1S/C23H23N3O2/c27-23(26-16-14-25(15-17-26)22-8-4-5-13-24-22)18-28-21-11-9-20(10-12-21)19-6-2-1-3-7-19/h1-13H,14-18H2. The van der Waals surface area contributed by atoms with E-state index in [1.807, 2.05) is 65.6 Å². The van der Waals surface area contributed by atoms with Crippen LogP contribution in [-0.2, 0) is 4.79 Å². The van der Waals surface area contributed by atoms with E-state index in [-0.39, 0.29) is 12.5 Å². The highest BCUT2D eigenvalue weighted by molar-refractivity contribution is 5.78. The molecule has 0 atom stereocenters. The van der Waals surface area contributed by atoms with Gasteiger partial charge in [0, 0.05) is 32.4 Å². The fourth-order valence-corrected chi connectivity index (χ4v) is 3.34. The maximum absolute atomic E-state index is 12.5. The van der Waals surface area contributed by atoms with Crippen molar-refractivity contribution >= 4 is 11.7 Å². The van der Waals surface area contributed by atoms with Crippen molar-refractivity contribution in [1.29, 1.82) is 0 Å². The van der Waals surface area contributed by atoms with Gasteiger partial charge in [0.05, 0.1) is 0 Å². The number of ether oxygens (including phenoxy) is 1. The second kappa shape index (κ2) is 8.57. The van der Waals surface area contributed by atoms with Crippen molar-refractivity contribution in [1.82, 2.24) is 9.88 Å². The molecule has 1 fully saturated rings. The molecule has 0 radical (unpaired) electrons. The summed E-state index contributed by atoms with van der Waals surface area (Å²) in [5.74, 6) is 1.69. The summed E-state index contributed by atoms with van der Waals surface area (Å²) in [4.78, 5) is 20.9. The Hall–Kier alpha value is -3.34. The predicted octanol–water partition coefficient (Wildman–Crippen LogP) is 3.48. The molecule has 1 aliphatic rings. The predicted molar refractivity (Wildman–Crippen MR) is 110 cm³/mol. The molecule has 0 N–H and O–H groups in total. The number of nitrogens with zero attached hydrogens (tertiary/aromatic N) is 3. The van der Waals surface area contributed by atoms with Crippen LogP contribution in [0.25, 0.3) is 11.1 Å². The molecule has 0 spiro atoms. The van der Waals surface area contributed by atoms with Crippen molar-refractivity contribution in [3.05, 3.63) is 79.0 Å². The molecule has 1 aromatic heterocycles. The Morgan fingerprint density at radius 1 is 0.821 bits per heavy atom. The zero-order valence-corrected chi connectivity index (χ0v) is 15.7. The first-order valence-corrected chi connectivity index (χ1v) is 9.52. The van der Waals surface area contributed by atoms with Crippen LogP contribution in [0.4, 0.5) is 5.82 Å². The fourth-order valence-electron chi connectivity index (χ4n) is 3.34. The van der Waals surface area contributed by atoms with Crippen molar-refractivity contribution in [3.63, 3.8) is 0 Å². The molecule has 4 rings (SSSR count). The van der Waals surface area contributed by atoms with Crippen LogP contribution in [0.15, 0.2) is 79.0 Å². The van der Waals surface area contributed by atoms with E-state index in [0.29, 0.717) is 18.8 Å². The summed E-state index contributed by atoms with van der Waals surface area (Å²) in [6.45, 7) is 3.01. The highest BCUT2D eigenvalue weighted by Crippen LogP contribution is 2.22. The minimum absolute atomic E-state index is 0.0211. The van der Waals surface area contributed by atoms with Gasteiger partial charge < -0.3 is 14.5 Å². The summed E-state index contributed by atoms with van der Waals surface area (Å²) < 4.78 is 5.71. The zero-order valence-electron chi connectivity index (χ0n) is 15.7. The molecule has 0 unspecified atom stereocenters. The molecular formula is C23H23N3O2. The summed E-state index contributed by atoms with van der Waals surface area (Å²) >= 11 is 0. The number of piperazine rings is 1. The van der Waals surface area contributed by atoms with Crippen molar-refractivity contribution in [2.45, 2.75) is 0 Å². The second-order valence-corrected chi connectivity index (χ2v) is 6.73. The quantitative estimate of drug-likeness (QED) is 0.687. The normalized spacial score (nSPS) is 14.0. The number of hydrogen-bond donors (Lipinski definition) is 0. The monoisotopic (exact) mass is 373 g/mol. The number of aromatic nitrogens is 1. The lowest BCUT2D eigenvalue weighted by atomic mass is 10.1. The SMILES string of the molecule is O=C(COc1ccc(-c2ccccc2)cc1)N1CCN(c2ccccn2)CC1. The lowest BCUT2D eigenvalue weighted by Gasteiger charge is -2.35. The van der Waals surface area contributed by atoms with Gasteiger partial charge in [-0.15, -0.1) is 0 Å². The number of anilines is 1. The van der Waals surface area contributed by atoms with Gasteiger partial charge in [0.25, 0.3) is 5.91 Å². The molecule has 3 aromatic rings. The average molecular weight is 373 g/mol. The summed E-state index contributed by atoms with van der Waals surface area (Å²) in [5, 5.41) is 0. The average Bonchev–Trinajstić information content (AvgIpc) is 2.79. The zero-order chi connectivity index (χ0) is 19.2. The minimum Gasteiger partial charge on any atom is -0.484 e. The van der Waals surface area contributed by atoms with Gasteiger partial charge in [-0.1, -0.05) is 48.5 Å². The lowest BCUT2D eigenvalue weighted by molar-refractivity contribution is -0.133. The van der Waals surface area contributed by atoms with Crippen molar-refractivity contribution in [3.8, 4) is 16.9 Å². The molecule has 2 aromatic carbocycles. The highest BCUT2D eigenvalue weighted by Gasteiger charge is 2.22. The van der Waals surface area contributed by atoms with Gasteiger partial charge in [-0.05, 0) is 35.4 Å². The first-order valence-electron chi connectivity index (χ1n) is 9.52. The van der Waals surface area contributed by atoms with Crippen molar-refractivity contribution in [2.75, 3.05) is 37.7 Å². The number of carbonyl (C=O) groups excluding carboxylic acids is 1. The lowest BCUT2D eigenvalue weighted by Crippen LogP contribution is -2.50. The molecule has 1 amide bonds. The maximum atomic E-state index is 12.5. The van der Waals surface area contributed by atoms with Gasteiger partial charge in [0.2, 0.25) is 0 Å². The fraction of sp³-hybridized carbons (Fsp3) is 0.217. The van der Waals surface area contributed by atoms with E-state index in [9.17, 15) is 4.79 Å². The van der Waals surface area contributed by atoms with Gasteiger partial charge in [0.1, 0.15) is 11.6 Å². The van der Waals surface area contributed by atoms with Crippen molar-refractivity contribution < 1.29 is 9.53 Å². The van der Waals surface area contributed by atoms with E-state index in [1.165, 1.54) is 0 Å². The largest absolute Gasteiger partial charge is 0.484 e. The van der Waals surface area contributed by atoms with Crippen LogP contribution >= 0.6 is 0 Å². The van der Waals surface area contributed by atoms with Crippen LogP contribution in [0.3, 0.4) is 0 Å². The minimum atomic E-state index is 0.0211. The number of hydrogen-bond acceptors (Lipinski definition) is 4. The van der Waals surface area contributed by atoms with Crippen LogP contribution in [0.2, 0.25) is 0 Å². The smallest absolute Gasteiger partial charge is 0.260 e. The number of amides is 1. The molecule has 0 saturated carbocycles. The first-order chi connectivity index (χ1) is 13.8. The molecule has 1 saturated heterocycles. The van der Waals surface area contributed by atoms with E-state index >= 15 is 0 Å². The Morgan fingerprint density at radius 3 is 2.18 bits per heavy atom. The van der Waals surface area contributed by atoms with Crippen LogP contribution in [0.5, 0.6) is 5.75 Å². The number of carbonyl (C=O) groups is 1. The van der Waals surface area contributed by atoms with E-state index in [1.54, 1.807) is 6.20 Å². The van der Waals surface area contributed by atoms with E-state index in [2.05, 4.69) is 22.0 Å². The number of benzene rings is 2. The second-order valence-electron chi connectivity index (χ2n) is 6.73. The Kier molecular flexibility index (Phi) is 5.52. The summed E-state index contributed by atoms with van der Waals surface area (Å²) in [6, 6.07) is 23.9. The third-order valence-corrected chi connectivity index (χ3v) is 4.93. The van der Waals surface area contributed by atoms with Crippen molar-refractivity contribution in [2.24, 2.45) is 0 Å². The van der Waals surface area contributed by atoms with Crippen LogP contribution in [-0.4, -0.2) is 48.6 Å². The topological polar surface area (TPSA) is 45.7 Å². The first kappa shape index (κ1) is 18.0. The molecule has 1 aliphatic heterocycles. The number of pyridine rings is 1. The molecule has 0 aliphatic carbocycles. The maximum Gasteiger partial charge on any atom is 0.260 e. The molecule has 142 valence electrons. The third-order valence-electron chi connectivity index (χ3n) is 4.93. The molecule has 5 nitrogen and oxygen atoms in total. The molecule has 5 heteroatoms. The Labute approximate surface area is 165 Å². The van der Waals surface area contributed by atoms with Crippen LogP contribution < -0.4 is 9.64 Å². The van der Waals surface area contributed by atoms with E-state index in [4.69, 9.17) is 4.74 Å². The van der Waals surface area contributed by atoms with Gasteiger partial charge >= 0.3 is 0 Å². The summed E-state index contributed by atoms with van der Waals surface area (Å²) in [5.41, 5.74) is 2.29. The summed E-state index contributed by atoms with van der Waals surface area (Å²) in [7, 11) is 0. The highest BCUT2D eigenvalue weighted by atomic mass is 16.5. The summed E-state index contributed by atoms with van der Waals surface area (Å²) in [6.07, 6.45) is 1.80. The van der Waals surface area contributed by atoms with Gasteiger partial charge in [-0.25, -0.2) is 4.98 Å². The Bertz CT molecular complexity index is 890. The Balaban J connectivity index is 1.27. The van der Waals surface area contributed by atoms with Gasteiger partial charge in [-0.3, -0.25) is 4.79 Å². The van der Waals surface area contributed by atoms with E-state index in [0.717, 1.165) is 30.0 Å². The molecule has 28 heavy (non-hydrogen) atoms. The van der Waals surface area contributed by atoms with Gasteiger partial charge in [-0.2, -0.15) is 0 Å². The van der Waals surface area contributed by atoms with E-state index < -0.39 is 0 Å². The molecule has 2 heterocycles. The third kappa shape index (κ3) is 4.31. The van der Waals surface area contributed by atoms with Gasteiger partial charge in [0.15, 0.2) is 6.61 Å². The molecular weight excluding hydrogens is 350 g/mol.